The molecule has 2 heteroatoms. The molecule has 0 fully saturated rings. The van der Waals surface area contributed by atoms with Gasteiger partial charge in [0.15, 0.2) is 0 Å². The van der Waals surface area contributed by atoms with Crippen molar-refractivity contribution in [2.24, 2.45) is 4.99 Å². The molecule has 0 heterocycles. The van der Waals surface area contributed by atoms with E-state index in [0.29, 0.717) is 0 Å². The lowest BCUT2D eigenvalue weighted by atomic mass is 10.1. The third-order valence-electron chi connectivity index (χ3n) is 4.05. The summed E-state index contributed by atoms with van der Waals surface area (Å²) in [4.78, 5) is 3.68. The molecular formula is C23H36N2. The fraction of sp³-hybridized carbons (Fsp3) is 0.435. The number of rotatable bonds is 5. The lowest BCUT2D eigenvalue weighted by Crippen LogP contribution is -2.08. The van der Waals surface area contributed by atoms with Crippen LogP contribution in [-0.2, 0) is 6.42 Å². The number of benzene rings is 2. The van der Waals surface area contributed by atoms with Crippen LogP contribution in [0.25, 0.3) is 0 Å². The van der Waals surface area contributed by atoms with E-state index in [4.69, 9.17) is 0 Å². The second kappa shape index (κ2) is 14.4. The van der Waals surface area contributed by atoms with E-state index < -0.39 is 0 Å². The molecule has 2 aromatic rings. The molecule has 0 aliphatic heterocycles. The Balaban J connectivity index is 0.000000350. The highest BCUT2D eigenvalue weighted by atomic mass is 14.8. The summed E-state index contributed by atoms with van der Waals surface area (Å²) >= 11 is 0. The molecule has 0 saturated carbocycles. The fourth-order valence-corrected chi connectivity index (χ4v) is 2.27. The first-order valence-corrected chi connectivity index (χ1v) is 9.11. The average Bonchev–Trinajstić information content (AvgIpc) is 2.60. The Bertz CT molecular complexity index is 603. The van der Waals surface area contributed by atoms with Gasteiger partial charge in [-0.1, -0.05) is 55.0 Å². The van der Waals surface area contributed by atoms with Crippen molar-refractivity contribution in [3.05, 3.63) is 70.3 Å². The van der Waals surface area contributed by atoms with E-state index in [9.17, 15) is 0 Å². The highest BCUT2D eigenvalue weighted by Crippen LogP contribution is 2.07. The molecule has 2 nitrogen and oxygen atoms in total. The van der Waals surface area contributed by atoms with Crippen LogP contribution < -0.4 is 5.32 Å². The maximum atomic E-state index is 3.68. The molecule has 25 heavy (non-hydrogen) atoms. The van der Waals surface area contributed by atoms with Crippen molar-refractivity contribution < 1.29 is 0 Å². The van der Waals surface area contributed by atoms with Gasteiger partial charge in [0.2, 0.25) is 0 Å². The summed E-state index contributed by atoms with van der Waals surface area (Å²) in [6.07, 6.45) is 2.24. The standard InChI is InChI=1S/2C9H12.C5H12N2/c1-7-4-5-8(2)9(3)6-7;1-3-9-7-5-4-6-8(9)2;1-6-4-3-5-7-2/h4-6H,1-3H3;4-7H,3H2,1-2H3;7H,1,3-5H2,2H3. The highest BCUT2D eigenvalue weighted by Gasteiger charge is 1.90. The minimum atomic E-state index is 0.876. The molecule has 0 aliphatic carbocycles. The summed E-state index contributed by atoms with van der Waals surface area (Å²) in [5.41, 5.74) is 6.96. The monoisotopic (exact) mass is 340 g/mol. The molecule has 0 saturated heterocycles. The van der Waals surface area contributed by atoms with Crippen LogP contribution in [0.3, 0.4) is 0 Å². The number of hydrogen-bond acceptors (Lipinski definition) is 2. The summed E-state index contributed by atoms with van der Waals surface area (Å²) in [7, 11) is 1.93. The Hall–Kier alpha value is -1.93. The van der Waals surface area contributed by atoms with Gasteiger partial charge in [-0.25, -0.2) is 0 Å². The van der Waals surface area contributed by atoms with Crippen LogP contribution in [0, 0.1) is 27.7 Å². The van der Waals surface area contributed by atoms with Crippen molar-refractivity contribution in [1.29, 1.82) is 0 Å². The number of aliphatic imine (C=N–C) groups is 1. The molecule has 0 unspecified atom stereocenters. The van der Waals surface area contributed by atoms with Crippen LogP contribution in [0.4, 0.5) is 0 Å². The highest BCUT2D eigenvalue weighted by molar-refractivity contribution is 5.28. The molecule has 0 aromatic heterocycles. The van der Waals surface area contributed by atoms with Crippen molar-refractivity contribution in [1.82, 2.24) is 5.32 Å². The summed E-state index contributed by atoms with van der Waals surface area (Å²) in [5.74, 6) is 0. The van der Waals surface area contributed by atoms with Gasteiger partial charge in [0, 0.05) is 6.54 Å². The summed E-state index contributed by atoms with van der Waals surface area (Å²) in [5, 5.41) is 3.01. The Morgan fingerprint density at radius 1 is 0.920 bits per heavy atom. The molecule has 2 rings (SSSR count). The molecule has 0 amide bonds. The average molecular weight is 341 g/mol. The fourth-order valence-electron chi connectivity index (χ4n) is 2.27. The van der Waals surface area contributed by atoms with Crippen molar-refractivity contribution in [2.75, 3.05) is 20.1 Å². The van der Waals surface area contributed by atoms with Gasteiger partial charge < -0.3 is 10.3 Å². The van der Waals surface area contributed by atoms with Crippen LogP contribution >= 0.6 is 0 Å². The van der Waals surface area contributed by atoms with Crippen molar-refractivity contribution >= 4 is 6.72 Å². The van der Waals surface area contributed by atoms with E-state index in [0.717, 1.165) is 25.9 Å². The maximum absolute atomic E-state index is 3.68. The van der Waals surface area contributed by atoms with Gasteiger partial charge in [0.05, 0.1) is 0 Å². The molecule has 0 atom stereocenters. The second-order valence-corrected chi connectivity index (χ2v) is 6.27. The van der Waals surface area contributed by atoms with Crippen LogP contribution in [0.15, 0.2) is 47.5 Å². The zero-order valence-corrected chi connectivity index (χ0v) is 17.0. The lowest BCUT2D eigenvalue weighted by Gasteiger charge is -1.98. The smallest absolute Gasteiger partial charge is 0.0394 e. The van der Waals surface area contributed by atoms with Gasteiger partial charge in [0.25, 0.3) is 0 Å². The molecule has 0 radical (unpaired) electrons. The van der Waals surface area contributed by atoms with E-state index in [1.165, 1.54) is 27.8 Å². The predicted octanol–water partition coefficient (Wildman–Crippen LogP) is 5.47. The third kappa shape index (κ3) is 11.3. The van der Waals surface area contributed by atoms with E-state index in [-0.39, 0.29) is 0 Å². The lowest BCUT2D eigenvalue weighted by molar-refractivity contribution is 0.736. The minimum absolute atomic E-state index is 0.876. The van der Waals surface area contributed by atoms with E-state index >= 15 is 0 Å². The number of nitrogens with zero attached hydrogens (tertiary/aromatic N) is 1. The molecular weight excluding hydrogens is 304 g/mol. The SMILES string of the molecule is C=NCCCNC.CCc1ccccc1C.Cc1ccc(C)c(C)c1. The summed E-state index contributed by atoms with van der Waals surface area (Å²) in [6, 6.07) is 15.0. The van der Waals surface area contributed by atoms with Crippen LogP contribution in [0.5, 0.6) is 0 Å². The van der Waals surface area contributed by atoms with Gasteiger partial charge >= 0.3 is 0 Å². The maximum Gasteiger partial charge on any atom is 0.0394 e. The molecule has 0 bridgehead atoms. The third-order valence-corrected chi connectivity index (χ3v) is 4.05. The van der Waals surface area contributed by atoms with E-state index in [2.05, 4.69) is 94.1 Å². The van der Waals surface area contributed by atoms with Crippen molar-refractivity contribution in [3.8, 4) is 0 Å². The van der Waals surface area contributed by atoms with Crippen molar-refractivity contribution in [3.63, 3.8) is 0 Å². The van der Waals surface area contributed by atoms with Crippen LogP contribution in [0.1, 0.15) is 41.2 Å². The number of aryl methyl sites for hydroxylation is 5. The zero-order valence-electron chi connectivity index (χ0n) is 17.0. The second-order valence-electron chi connectivity index (χ2n) is 6.27. The Morgan fingerprint density at radius 2 is 1.60 bits per heavy atom. The van der Waals surface area contributed by atoms with Crippen LogP contribution in [0.2, 0.25) is 0 Å². The number of nitrogens with one attached hydrogen (secondary N) is 1. The number of hydrogen-bond donors (Lipinski definition) is 1. The minimum Gasteiger partial charge on any atom is -0.320 e. The van der Waals surface area contributed by atoms with Gasteiger partial charge in [-0.3, -0.25) is 0 Å². The summed E-state index contributed by atoms with van der Waals surface area (Å²) < 4.78 is 0. The molecule has 2 aromatic carbocycles. The molecule has 0 aliphatic rings. The molecule has 1 N–H and O–H groups in total. The van der Waals surface area contributed by atoms with E-state index in [1.807, 2.05) is 7.05 Å². The Labute approximate surface area is 155 Å². The van der Waals surface area contributed by atoms with Crippen molar-refractivity contribution in [2.45, 2.75) is 47.5 Å². The van der Waals surface area contributed by atoms with Crippen LogP contribution in [-0.4, -0.2) is 26.9 Å². The molecule has 138 valence electrons. The largest absolute Gasteiger partial charge is 0.320 e. The first-order valence-electron chi connectivity index (χ1n) is 9.11. The first kappa shape index (κ1) is 23.1. The van der Waals surface area contributed by atoms with Gasteiger partial charge in [-0.15, -0.1) is 0 Å². The van der Waals surface area contributed by atoms with Gasteiger partial charge in [-0.2, -0.15) is 0 Å². The first-order chi connectivity index (χ1) is 12.0. The quantitative estimate of drug-likeness (QED) is 0.567. The normalized spacial score (nSPS) is 9.36. The topological polar surface area (TPSA) is 24.4 Å². The predicted molar refractivity (Wildman–Crippen MR) is 114 cm³/mol. The molecule has 0 spiro atoms. The van der Waals surface area contributed by atoms with Gasteiger partial charge in [0.1, 0.15) is 0 Å². The zero-order chi connectivity index (χ0) is 19.1. The summed E-state index contributed by atoms with van der Waals surface area (Å²) in [6.45, 7) is 16.0. The Kier molecular flexibility index (Phi) is 13.3. The Morgan fingerprint density at radius 3 is 2.04 bits per heavy atom. The van der Waals surface area contributed by atoms with E-state index in [1.54, 1.807) is 0 Å². The van der Waals surface area contributed by atoms with Gasteiger partial charge in [-0.05, 0) is 83.1 Å².